The van der Waals surface area contributed by atoms with Crippen molar-refractivity contribution in [3.63, 3.8) is 0 Å². The summed E-state index contributed by atoms with van der Waals surface area (Å²) in [5.74, 6) is -0.669. The third-order valence-electron chi connectivity index (χ3n) is 3.72. The Morgan fingerprint density at radius 3 is 2.04 bits per heavy atom. The van der Waals surface area contributed by atoms with Gasteiger partial charge in [-0.05, 0) is 54.1 Å². The van der Waals surface area contributed by atoms with Crippen LogP contribution < -0.4 is 16.0 Å². The molecule has 3 rings (SSSR count). The summed E-state index contributed by atoms with van der Waals surface area (Å²) in [6.07, 6.45) is 2.94. The van der Waals surface area contributed by atoms with Crippen molar-refractivity contribution in [2.24, 2.45) is 0 Å². The third-order valence-corrected chi connectivity index (χ3v) is 3.72. The highest BCUT2D eigenvalue weighted by molar-refractivity contribution is 6.03. The maximum Gasteiger partial charge on any atom is 0.323 e. The number of hydrogen-bond acceptors (Lipinski definition) is 2. The molecule has 6 heteroatoms. The fraction of sp³-hybridized carbons (Fsp3) is 0. The number of rotatable bonds is 5. The van der Waals surface area contributed by atoms with Crippen LogP contribution in [0, 0.1) is 5.82 Å². The average Bonchev–Trinajstić information content (AvgIpc) is 2.68. The number of carbonyl (C=O) groups excluding carboxylic acids is 2. The molecular formula is C22H18FN3O2. The van der Waals surface area contributed by atoms with Gasteiger partial charge in [-0.2, -0.15) is 0 Å². The zero-order valence-corrected chi connectivity index (χ0v) is 14.9. The van der Waals surface area contributed by atoms with Crippen molar-refractivity contribution in [3.8, 4) is 0 Å². The summed E-state index contributed by atoms with van der Waals surface area (Å²) in [6.45, 7) is 0. The Morgan fingerprint density at radius 1 is 0.714 bits per heavy atom. The van der Waals surface area contributed by atoms with E-state index in [0.717, 1.165) is 0 Å². The Labute approximate surface area is 161 Å². The van der Waals surface area contributed by atoms with Crippen molar-refractivity contribution < 1.29 is 14.0 Å². The first-order valence-corrected chi connectivity index (χ1v) is 8.56. The van der Waals surface area contributed by atoms with Crippen LogP contribution in [-0.4, -0.2) is 11.9 Å². The number of urea groups is 1. The number of amides is 3. The molecule has 3 amide bonds. The van der Waals surface area contributed by atoms with Crippen LogP contribution in [0.3, 0.4) is 0 Å². The third kappa shape index (κ3) is 5.81. The summed E-state index contributed by atoms with van der Waals surface area (Å²) in [7, 11) is 0. The molecule has 0 radical (unpaired) electrons. The summed E-state index contributed by atoms with van der Waals surface area (Å²) in [5, 5.41) is 8.15. The summed E-state index contributed by atoms with van der Waals surface area (Å²) in [4.78, 5) is 24.1. The van der Waals surface area contributed by atoms with E-state index in [1.54, 1.807) is 54.6 Å². The van der Waals surface area contributed by atoms with Gasteiger partial charge in [0.1, 0.15) is 5.82 Å². The molecule has 0 aliphatic rings. The largest absolute Gasteiger partial charge is 0.323 e. The topological polar surface area (TPSA) is 70.2 Å². The van der Waals surface area contributed by atoms with Crippen LogP contribution in [-0.2, 0) is 4.79 Å². The van der Waals surface area contributed by atoms with Gasteiger partial charge in [-0.1, -0.05) is 36.4 Å². The van der Waals surface area contributed by atoms with E-state index >= 15 is 0 Å². The van der Waals surface area contributed by atoms with Crippen LogP contribution in [0.2, 0.25) is 0 Å². The van der Waals surface area contributed by atoms with Crippen molar-refractivity contribution in [3.05, 3.63) is 96.3 Å². The Balaban J connectivity index is 1.57. The van der Waals surface area contributed by atoms with Crippen molar-refractivity contribution >= 4 is 35.1 Å². The van der Waals surface area contributed by atoms with Crippen LogP contribution in [0.5, 0.6) is 0 Å². The molecule has 3 aromatic rings. The molecule has 5 nitrogen and oxygen atoms in total. The second kappa shape index (κ2) is 9.14. The van der Waals surface area contributed by atoms with Crippen molar-refractivity contribution in [2.45, 2.75) is 0 Å². The number of carbonyl (C=O) groups is 2. The van der Waals surface area contributed by atoms with Crippen LogP contribution >= 0.6 is 0 Å². The highest BCUT2D eigenvalue weighted by Gasteiger charge is 2.04. The first-order valence-electron chi connectivity index (χ1n) is 8.56. The van der Waals surface area contributed by atoms with Gasteiger partial charge >= 0.3 is 6.03 Å². The molecule has 0 fully saturated rings. The van der Waals surface area contributed by atoms with Crippen LogP contribution in [0.4, 0.5) is 26.2 Å². The zero-order chi connectivity index (χ0) is 19.8. The van der Waals surface area contributed by atoms with Gasteiger partial charge in [0.25, 0.3) is 0 Å². The summed E-state index contributed by atoms with van der Waals surface area (Å²) < 4.78 is 12.9. The van der Waals surface area contributed by atoms with Gasteiger partial charge in [0, 0.05) is 23.1 Å². The zero-order valence-electron chi connectivity index (χ0n) is 14.9. The predicted molar refractivity (Wildman–Crippen MR) is 110 cm³/mol. The summed E-state index contributed by atoms with van der Waals surface area (Å²) in [5.41, 5.74) is 2.46. The molecule has 0 spiro atoms. The lowest BCUT2D eigenvalue weighted by molar-refractivity contribution is -0.111. The van der Waals surface area contributed by atoms with E-state index in [-0.39, 0.29) is 17.8 Å². The van der Waals surface area contributed by atoms with Crippen LogP contribution in [0.25, 0.3) is 6.08 Å². The molecule has 0 unspecified atom stereocenters. The van der Waals surface area contributed by atoms with Gasteiger partial charge in [-0.3, -0.25) is 4.79 Å². The normalized spacial score (nSPS) is 10.5. The van der Waals surface area contributed by atoms with E-state index in [4.69, 9.17) is 0 Å². The Kier molecular flexibility index (Phi) is 6.15. The maximum absolute atomic E-state index is 12.9. The smallest absolute Gasteiger partial charge is 0.322 e. The van der Waals surface area contributed by atoms with E-state index in [0.29, 0.717) is 22.6 Å². The van der Waals surface area contributed by atoms with Crippen LogP contribution in [0.1, 0.15) is 5.56 Å². The molecule has 0 aliphatic heterocycles. The molecule has 0 aliphatic carbocycles. The predicted octanol–water partition coefficient (Wildman–Crippen LogP) is 5.12. The van der Waals surface area contributed by atoms with Crippen LogP contribution in [0.15, 0.2) is 84.9 Å². The molecule has 0 bridgehead atoms. The van der Waals surface area contributed by atoms with E-state index in [1.807, 2.05) is 18.2 Å². The first-order chi connectivity index (χ1) is 13.6. The molecule has 0 saturated heterocycles. The van der Waals surface area contributed by atoms with E-state index < -0.39 is 0 Å². The number of anilines is 3. The lowest BCUT2D eigenvalue weighted by atomic mass is 10.2. The fourth-order valence-corrected chi connectivity index (χ4v) is 2.42. The maximum atomic E-state index is 12.9. The minimum atomic E-state index is -0.383. The second-order valence-corrected chi connectivity index (χ2v) is 5.90. The standard InChI is InChI=1S/C22H18FN3O2/c23-17-12-9-16(10-13-17)11-14-21(27)24-19-7-4-8-20(15-19)26-22(28)25-18-5-2-1-3-6-18/h1-15H,(H,24,27)(H2,25,26,28)/b14-11+. The number of hydrogen-bond donors (Lipinski definition) is 3. The molecule has 140 valence electrons. The Morgan fingerprint density at radius 2 is 1.32 bits per heavy atom. The number of benzene rings is 3. The average molecular weight is 375 g/mol. The quantitative estimate of drug-likeness (QED) is 0.542. The van der Waals surface area contributed by atoms with E-state index in [9.17, 15) is 14.0 Å². The minimum absolute atomic E-state index is 0.331. The molecule has 0 heterocycles. The van der Waals surface area contributed by atoms with E-state index in [2.05, 4.69) is 16.0 Å². The van der Waals surface area contributed by atoms with Gasteiger partial charge in [0.15, 0.2) is 0 Å². The molecule has 0 saturated carbocycles. The van der Waals surface area contributed by atoms with Gasteiger partial charge in [-0.15, -0.1) is 0 Å². The highest BCUT2D eigenvalue weighted by atomic mass is 19.1. The SMILES string of the molecule is O=C(/C=C/c1ccc(F)cc1)Nc1cccc(NC(=O)Nc2ccccc2)c1. The Hall–Kier alpha value is -3.93. The molecule has 0 atom stereocenters. The summed E-state index contributed by atoms with van der Waals surface area (Å²) >= 11 is 0. The molecule has 3 aromatic carbocycles. The molecule has 28 heavy (non-hydrogen) atoms. The van der Waals surface area contributed by atoms with Gasteiger partial charge in [0.2, 0.25) is 5.91 Å². The minimum Gasteiger partial charge on any atom is -0.322 e. The van der Waals surface area contributed by atoms with Crippen molar-refractivity contribution in [1.82, 2.24) is 0 Å². The Bertz CT molecular complexity index is 986. The van der Waals surface area contributed by atoms with Gasteiger partial charge in [0.05, 0.1) is 0 Å². The molecule has 3 N–H and O–H groups in total. The summed E-state index contributed by atoms with van der Waals surface area (Å²) in [6, 6.07) is 21.3. The number of nitrogens with one attached hydrogen (secondary N) is 3. The van der Waals surface area contributed by atoms with E-state index in [1.165, 1.54) is 18.2 Å². The van der Waals surface area contributed by atoms with Gasteiger partial charge < -0.3 is 16.0 Å². The highest BCUT2D eigenvalue weighted by Crippen LogP contribution is 2.16. The van der Waals surface area contributed by atoms with Crippen molar-refractivity contribution in [2.75, 3.05) is 16.0 Å². The van der Waals surface area contributed by atoms with Gasteiger partial charge in [-0.25, -0.2) is 9.18 Å². The lowest BCUT2D eigenvalue weighted by Gasteiger charge is -2.09. The monoisotopic (exact) mass is 375 g/mol. The second-order valence-electron chi connectivity index (χ2n) is 5.90. The lowest BCUT2D eigenvalue weighted by Crippen LogP contribution is -2.19. The number of para-hydroxylation sites is 1. The number of halogens is 1. The van der Waals surface area contributed by atoms with Crippen molar-refractivity contribution in [1.29, 1.82) is 0 Å². The molecule has 0 aromatic heterocycles. The fourth-order valence-electron chi connectivity index (χ4n) is 2.42. The first kappa shape index (κ1) is 18.8. The molecular weight excluding hydrogens is 357 g/mol.